The number of para-hydroxylation sites is 1. The Balaban J connectivity index is 1.70. The molecule has 0 bridgehead atoms. The van der Waals surface area contributed by atoms with E-state index in [1.807, 2.05) is 78.7 Å². The second-order valence-corrected chi connectivity index (χ2v) is 6.43. The van der Waals surface area contributed by atoms with E-state index in [1.165, 1.54) is 6.07 Å². The highest BCUT2D eigenvalue weighted by atomic mass is 19.1. The lowest BCUT2D eigenvalue weighted by Crippen LogP contribution is -2.19. The maximum absolute atomic E-state index is 14.5. The van der Waals surface area contributed by atoms with Gasteiger partial charge in [0.25, 0.3) is 0 Å². The molecule has 27 heavy (non-hydrogen) atoms. The van der Waals surface area contributed by atoms with Gasteiger partial charge in [-0.05, 0) is 55.0 Å². The molecule has 0 amide bonds. The normalized spacial score (nSPS) is 16.3. The number of ether oxygens (including phenoxy) is 1. The summed E-state index contributed by atoms with van der Waals surface area (Å²) < 4.78 is 20.0. The van der Waals surface area contributed by atoms with Crippen LogP contribution in [0.1, 0.15) is 30.5 Å². The SMILES string of the molecule is CCOc1ccc(C2=NN(c3ccccc3)[C@H](c3ccccc3F)C2)cc1. The quantitative estimate of drug-likeness (QED) is 0.593. The fraction of sp³-hybridized carbons (Fsp3) is 0.174. The van der Waals surface area contributed by atoms with Gasteiger partial charge in [-0.2, -0.15) is 5.10 Å². The molecule has 3 aromatic carbocycles. The first-order valence-corrected chi connectivity index (χ1v) is 9.15. The van der Waals surface area contributed by atoms with Crippen LogP contribution in [0, 0.1) is 5.82 Å². The Kier molecular flexibility index (Phi) is 4.88. The van der Waals surface area contributed by atoms with Crippen LogP contribution in [0.3, 0.4) is 0 Å². The van der Waals surface area contributed by atoms with Gasteiger partial charge >= 0.3 is 0 Å². The molecular weight excluding hydrogens is 339 g/mol. The molecule has 0 fully saturated rings. The predicted octanol–water partition coefficient (Wildman–Crippen LogP) is 5.58. The minimum atomic E-state index is -0.202. The molecule has 4 heteroatoms. The van der Waals surface area contributed by atoms with Crippen molar-refractivity contribution in [3.8, 4) is 5.75 Å². The molecule has 0 unspecified atom stereocenters. The molecule has 136 valence electrons. The lowest BCUT2D eigenvalue weighted by molar-refractivity contribution is 0.340. The van der Waals surface area contributed by atoms with Crippen molar-refractivity contribution >= 4 is 11.4 Å². The van der Waals surface area contributed by atoms with Crippen molar-refractivity contribution in [3.05, 3.63) is 95.8 Å². The van der Waals surface area contributed by atoms with Gasteiger partial charge in [0.05, 0.1) is 24.0 Å². The van der Waals surface area contributed by atoms with Crippen LogP contribution in [0.4, 0.5) is 10.1 Å². The maximum atomic E-state index is 14.5. The highest BCUT2D eigenvalue weighted by Crippen LogP contribution is 2.37. The van der Waals surface area contributed by atoms with Crippen molar-refractivity contribution in [2.24, 2.45) is 5.10 Å². The number of anilines is 1. The molecule has 0 radical (unpaired) electrons. The summed E-state index contributed by atoms with van der Waals surface area (Å²) in [5.41, 5.74) is 3.58. The van der Waals surface area contributed by atoms with E-state index in [2.05, 4.69) is 0 Å². The first-order chi connectivity index (χ1) is 13.3. The number of halogens is 1. The van der Waals surface area contributed by atoms with Gasteiger partial charge in [-0.15, -0.1) is 0 Å². The first kappa shape index (κ1) is 17.3. The highest BCUT2D eigenvalue weighted by molar-refractivity contribution is 6.03. The Hall–Kier alpha value is -3.14. The van der Waals surface area contributed by atoms with E-state index in [4.69, 9.17) is 9.84 Å². The summed E-state index contributed by atoms with van der Waals surface area (Å²) in [5.74, 6) is 0.636. The predicted molar refractivity (Wildman–Crippen MR) is 107 cm³/mol. The van der Waals surface area contributed by atoms with E-state index in [0.29, 0.717) is 18.6 Å². The van der Waals surface area contributed by atoms with Crippen molar-refractivity contribution in [2.45, 2.75) is 19.4 Å². The van der Waals surface area contributed by atoms with E-state index >= 15 is 0 Å². The Morgan fingerprint density at radius 2 is 1.67 bits per heavy atom. The molecule has 1 heterocycles. The molecule has 1 aliphatic heterocycles. The minimum Gasteiger partial charge on any atom is -0.494 e. The summed E-state index contributed by atoms with van der Waals surface area (Å²) >= 11 is 0. The summed E-state index contributed by atoms with van der Waals surface area (Å²) in [7, 11) is 0. The molecular formula is C23H21FN2O. The number of rotatable bonds is 5. The van der Waals surface area contributed by atoms with E-state index in [1.54, 1.807) is 6.07 Å². The van der Waals surface area contributed by atoms with Crippen LogP contribution in [0.25, 0.3) is 0 Å². The van der Waals surface area contributed by atoms with E-state index < -0.39 is 0 Å². The van der Waals surface area contributed by atoms with Gasteiger partial charge in [0, 0.05) is 12.0 Å². The Morgan fingerprint density at radius 3 is 2.37 bits per heavy atom. The van der Waals surface area contributed by atoms with Crippen LogP contribution in [0.2, 0.25) is 0 Å². The smallest absolute Gasteiger partial charge is 0.128 e. The number of nitrogens with zero attached hydrogens (tertiary/aromatic N) is 2. The Bertz CT molecular complexity index is 938. The average Bonchev–Trinajstić information content (AvgIpc) is 3.15. The maximum Gasteiger partial charge on any atom is 0.128 e. The summed E-state index contributed by atoms with van der Waals surface area (Å²) in [6.07, 6.45) is 0.643. The molecule has 0 saturated heterocycles. The molecule has 1 atom stereocenters. The molecule has 3 nitrogen and oxygen atoms in total. The van der Waals surface area contributed by atoms with Crippen LogP contribution < -0.4 is 9.75 Å². The Morgan fingerprint density at radius 1 is 0.963 bits per heavy atom. The van der Waals surface area contributed by atoms with Gasteiger partial charge < -0.3 is 4.74 Å². The third-order valence-electron chi connectivity index (χ3n) is 4.69. The van der Waals surface area contributed by atoms with Crippen LogP contribution >= 0.6 is 0 Å². The van der Waals surface area contributed by atoms with Gasteiger partial charge in [0.2, 0.25) is 0 Å². The van der Waals surface area contributed by atoms with E-state index in [9.17, 15) is 4.39 Å². The monoisotopic (exact) mass is 360 g/mol. The highest BCUT2D eigenvalue weighted by Gasteiger charge is 2.31. The number of hydrazone groups is 1. The van der Waals surface area contributed by atoms with Gasteiger partial charge in [0.1, 0.15) is 11.6 Å². The fourth-order valence-corrected chi connectivity index (χ4v) is 3.40. The second kappa shape index (κ2) is 7.62. The second-order valence-electron chi connectivity index (χ2n) is 6.43. The Labute approximate surface area is 158 Å². The van der Waals surface area contributed by atoms with Gasteiger partial charge in [-0.3, -0.25) is 5.01 Å². The van der Waals surface area contributed by atoms with Crippen molar-refractivity contribution in [2.75, 3.05) is 11.6 Å². The zero-order chi connectivity index (χ0) is 18.6. The first-order valence-electron chi connectivity index (χ1n) is 9.15. The standard InChI is InChI=1S/C23H21FN2O/c1-2-27-19-14-12-17(13-15-19)22-16-23(20-10-6-7-11-21(20)24)26(25-22)18-8-4-3-5-9-18/h3-15,23H,2,16H2,1H3/t23-/m0/s1. The van der Waals surface area contributed by atoms with Crippen molar-refractivity contribution in [3.63, 3.8) is 0 Å². The van der Waals surface area contributed by atoms with Crippen molar-refractivity contribution < 1.29 is 9.13 Å². The fourth-order valence-electron chi connectivity index (χ4n) is 3.40. The number of hydrogen-bond donors (Lipinski definition) is 0. The van der Waals surface area contributed by atoms with Gasteiger partial charge in [-0.25, -0.2) is 4.39 Å². The largest absolute Gasteiger partial charge is 0.494 e. The zero-order valence-electron chi connectivity index (χ0n) is 15.2. The van der Waals surface area contributed by atoms with Gasteiger partial charge in [0.15, 0.2) is 0 Å². The average molecular weight is 360 g/mol. The molecule has 1 aliphatic rings. The minimum absolute atomic E-state index is 0.171. The number of benzene rings is 3. The lowest BCUT2D eigenvalue weighted by atomic mass is 9.97. The molecule has 0 aromatic heterocycles. The topological polar surface area (TPSA) is 24.8 Å². The molecule has 0 N–H and O–H groups in total. The third kappa shape index (κ3) is 3.56. The van der Waals surface area contributed by atoms with Crippen LogP contribution in [-0.2, 0) is 0 Å². The molecule has 3 aromatic rings. The van der Waals surface area contributed by atoms with Crippen LogP contribution in [0.15, 0.2) is 84.0 Å². The summed E-state index contributed by atoms with van der Waals surface area (Å²) in [6, 6.07) is 24.6. The van der Waals surface area contributed by atoms with Crippen LogP contribution in [-0.4, -0.2) is 12.3 Å². The van der Waals surface area contributed by atoms with Crippen LogP contribution in [0.5, 0.6) is 5.75 Å². The summed E-state index contributed by atoms with van der Waals surface area (Å²) in [6.45, 7) is 2.60. The molecule has 0 aliphatic carbocycles. The zero-order valence-corrected chi connectivity index (χ0v) is 15.2. The number of hydrogen-bond acceptors (Lipinski definition) is 3. The summed E-state index contributed by atoms with van der Waals surface area (Å²) in [4.78, 5) is 0. The molecule has 4 rings (SSSR count). The van der Waals surface area contributed by atoms with Crippen molar-refractivity contribution in [1.82, 2.24) is 0 Å². The van der Waals surface area contributed by atoms with Gasteiger partial charge in [-0.1, -0.05) is 36.4 Å². The van der Waals surface area contributed by atoms with E-state index in [-0.39, 0.29) is 11.9 Å². The van der Waals surface area contributed by atoms with Crippen molar-refractivity contribution in [1.29, 1.82) is 0 Å². The third-order valence-corrected chi connectivity index (χ3v) is 4.69. The molecule has 0 spiro atoms. The summed E-state index contributed by atoms with van der Waals surface area (Å²) in [5, 5.41) is 6.77. The van der Waals surface area contributed by atoms with E-state index in [0.717, 1.165) is 22.7 Å². The molecule has 0 saturated carbocycles. The lowest BCUT2D eigenvalue weighted by Gasteiger charge is -2.24.